The Labute approximate surface area is 140 Å². The van der Waals surface area contributed by atoms with E-state index in [4.69, 9.17) is 21.7 Å². The Hall–Kier alpha value is -1.53. The molecule has 118 valence electrons. The number of nitrogens with zero attached hydrogens (tertiary/aromatic N) is 1. The highest BCUT2D eigenvalue weighted by Gasteiger charge is 2.28. The maximum atomic E-state index is 12.0. The summed E-state index contributed by atoms with van der Waals surface area (Å²) in [5.74, 6) is 1.35. The molecule has 6 heteroatoms. The second kappa shape index (κ2) is 7.65. The lowest BCUT2D eigenvalue weighted by molar-refractivity contribution is -0.121. The molecular formula is C16H19NO3S2. The molecule has 4 nitrogen and oxygen atoms in total. The van der Waals surface area contributed by atoms with E-state index in [0.29, 0.717) is 28.2 Å². The highest BCUT2D eigenvalue weighted by molar-refractivity contribution is 8.26. The number of carbonyl (C=O) groups is 1. The lowest BCUT2D eigenvalue weighted by atomic mass is 10.2. The highest BCUT2D eigenvalue weighted by atomic mass is 32.2. The van der Waals surface area contributed by atoms with Gasteiger partial charge in [-0.2, -0.15) is 0 Å². The van der Waals surface area contributed by atoms with Crippen LogP contribution in [0.15, 0.2) is 23.1 Å². The zero-order valence-corrected chi connectivity index (χ0v) is 14.6. The van der Waals surface area contributed by atoms with Crippen molar-refractivity contribution < 1.29 is 14.3 Å². The molecule has 0 saturated carbocycles. The highest BCUT2D eigenvalue weighted by Crippen LogP contribution is 2.34. The standard InChI is InChI=1S/C16H19NO3S2/c1-4-8-20-12-7-6-11(9-13(12)19-5-2)10-14-15(18)17(3)16(21)22-14/h6-7,9-10H,4-5,8H2,1-3H3/b14-10+. The van der Waals surface area contributed by atoms with Crippen molar-refractivity contribution >= 4 is 40.3 Å². The molecule has 1 aromatic rings. The van der Waals surface area contributed by atoms with Crippen LogP contribution in [0.2, 0.25) is 0 Å². The van der Waals surface area contributed by atoms with Crippen LogP contribution >= 0.6 is 24.0 Å². The maximum Gasteiger partial charge on any atom is 0.265 e. The molecule has 0 unspecified atom stereocenters. The van der Waals surface area contributed by atoms with Crippen LogP contribution < -0.4 is 9.47 Å². The number of hydrogen-bond acceptors (Lipinski definition) is 5. The minimum Gasteiger partial charge on any atom is -0.490 e. The lowest BCUT2D eigenvalue weighted by Gasteiger charge is -2.12. The van der Waals surface area contributed by atoms with Crippen molar-refractivity contribution in [1.82, 2.24) is 4.90 Å². The Morgan fingerprint density at radius 2 is 2.05 bits per heavy atom. The van der Waals surface area contributed by atoms with Crippen LogP contribution in [-0.2, 0) is 4.79 Å². The Bertz CT molecular complexity index is 613. The van der Waals surface area contributed by atoms with Crippen molar-refractivity contribution in [2.75, 3.05) is 20.3 Å². The summed E-state index contributed by atoms with van der Waals surface area (Å²) in [6.07, 6.45) is 2.77. The summed E-state index contributed by atoms with van der Waals surface area (Å²) in [7, 11) is 1.69. The second-order valence-corrected chi connectivity index (χ2v) is 6.40. The molecule has 0 bridgehead atoms. The quantitative estimate of drug-likeness (QED) is 0.584. The third kappa shape index (κ3) is 3.81. The van der Waals surface area contributed by atoms with Crippen LogP contribution in [0.1, 0.15) is 25.8 Å². The van der Waals surface area contributed by atoms with Crippen LogP contribution in [0.3, 0.4) is 0 Å². The van der Waals surface area contributed by atoms with Gasteiger partial charge in [0.25, 0.3) is 5.91 Å². The van der Waals surface area contributed by atoms with E-state index < -0.39 is 0 Å². The molecule has 1 fully saturated rings. The molecule has 1 heterocycles. The minimum atomic E-state index is -0.0701. The molecule has 2 rings (SSSR count). The third-order valence-electron chi connectivity index (χ3n) is 3.01. The van der Waals surface area contributed by atoms with Gasteiger partial charge in [-0.1, -0.05) is 37.0 Å². The molecule has 0 N–H and O–H groups in total. The molecule has 1 aliphatic rings. The van der Waals surface area contributed by atoms with Crippen LogP contribution in [0.4, 0.5) is 0 Å². The average Bonchev–Trinajstić information content (AvgIpc) is 2.74. The van der Waals surface area contributed by atoms with Gasteiger partial charge in [-0.25, -0.2) is 0 Å². The van der Waals surface area contributed by atoms with Crippen molar-refractivity contribution in [3.8, 4) is 11.5 Å². The zero-order valence-electron chi connectivity index (χ0n) is 12.9. The predicted molar refractivity (Wildman–Crippen MR) is 94.3 cm³/mol. The Morgan fingerprint density at radius 3 is 2.64 bits per heavy atom. The summed E-state index contributed by atoms with van der Waals surface area (Å²) < 4.78 is 11.9. The van der Waals surface area contributed by atoms with Gasteiger partial charge >= 0.3 is 0 Å². The second-order valence-electron chi connectivity index (χ2n) is 4.73. The molecule has 0 spiro atoms. The molecule has 0 radical (unpaired) electrons. The van der Waals surface area contributed by atoms with Crippen molar-refractivity contribution in [3.05, 3.63) is 28.7 Å². The number of thiocarbonyl (C=S) groups is 1. The molecule has 1 amide bonds. The first-order valence-electron chi connectivity index (χ1n) is 7.18. The van der Waals surface area contributed by atoms with Gasteiger partial charge in [0.05, 0.1) is 18.1 Å². The summed E-state index contributed by atoms with van der Waals surface area (Å²) in [5.41, 5.74) is 0.890. The van der Waals surface area contributed by atoms with Crippen molar-refractivity contribution in [1.29, 1.82) is 0 Å². The van der Waals surface area contributed by atoms with E-state index in [-0.39, 0.29) is 5.91 Å². The van der Waals surface area contributed by atoms with E-state index in [1.54, 1.807) is 7.05 Å². The molecule has 1 saturated heterocycles. The number of ether oxygens (including phenoxy) is 2. The van der Waals surface area contributed by atoms with Crippen molar-refractivity contribution in [2.24, 2.45) is 0 Å². The molecule has 22 heavy (non-hydrogen) atoms. The number of hydrogen-bond donors (Lipinski definition) is 0. The van der Waals surface area contributed by atoms with E-state index in [0.717, 1.165) is 17.7 Å². The first-order valence-corrected chi connectivity index (χ1v) is 8.40. The Balaban J connectivity index is 2.27. The molecule has 0 aromatic heterocycles. The van der Waals surface area contributed by atoms with E-state index in [2.05, 4.69) is 6.92 Å². The van der Waals surface area contributed by atoms with Gasteiger partial charge in [-0.05, 0) is 37.1 Å². The Morgan fingerprint density at radius 1 is 1.27 bits per heavy atom. The van der Waals surface area contributed by atoms with E-state index in [1.807, 2.05) is 31.2 Å². The van der Waals surface area contributed by atoms with Gasteiger partial charge in [0.15, 0.2) is 11.5 Å². The van der Waals surface area contributed by atoms with Gasteiger partial charge in [0.1, 0.15) is 4.32 Å². The number of rotatable bonds is 6. The molecule has 0 atom stereocenters. The molecular weight excluding hydrogens is 318 g/mol. The third-order valence-corrected chi connectivity index (χ3v) is 4.50. The number of amides is 1. The molecule has 0 aliphatic carbocycles. The predicted octanol–water partition coefficient (Wildman–Crippen LogP) is 3.71. The SMILES string of the molecule is CCCOc1ccc(/C=C2/SC(=S)N(C)C2=O)cc1OCC. The summed E-state index contributed by atoms with van der Waals surface area (Å²) in [5, 5.41) is 0. The van der Waals surface area contributed by atoms with Crippen LogP contribution in [0.5, 0.6) is 11.5 Å². The summed E-state index contributed by atoms with van der Waals surface area (Å²) in [4.78, 5) is 14.1. The van der Waals surface area contributed by atoms with Crippen molar-refractivity contribution in [2.45, 2.75) is 20.3 Å². The molecule has 1 aliphatic heterocycles. The number of thioether (sulfide) groups is 1. The van der Waals surface area contributed by atoms with Crippen LogP contribution in [0, 0.1) is 0 Å². The van der Waals surface area contributed by atoms with Gasteiger partial charge in [-0.15, -0.1) is 0 Å². The van der Waals surface area contributed by atoms with Gasteiger partial charge in [-0.3, -0.25) is 9.69 Å². The largest absolute Gasteiger partial charge is 0.490 e. The first kappa shape index (κ1) is 16.8. The van der Waals surface area contributed by atoms with E-state index >= 15 is 0 Å². The van der Waals surface area contributed by atoms with E-state index in [9.17, 15) is 4.79 Å². The number of likely N-dealkylation sites (N-methyl/N-ethyl adjacent to an activating group) is 1. The first-order chi connectivity index (χ1) is 10.6. The Kier molecular flexibility index (Phi) is 5.85. The van der Waals surface area contributed by atoms with Crippen molar-refractivity contribution in [3.63, 3.8) is 0 Å². The topological polar surface area (TPSA) is 38.8 Å². The fourth-order valence-electron chi connectivity index (χ4n) is 1.91. The molecule has 1 aromatic carbocycles. The van der Waals surface area contributed by atoms with E-state index in [1.165, 1.54) is 16.7 Å². The van der Waals surface area contributed by atoms with Crippen LogP contribution in [-0.4, -0.2) is 35.4 Å². The monoisotopic (exact) mass is 337 g/mol. The number of benzene rings is 1. The summed E-state index contributed by atoms with van der Waals surface area (Å²) in [6, 6.07) is 5.67. The average molecular weight is 337 g/mol. The fourth-order valence-corrected chi connectivity index (χ4v) is 3.09. The normalized spacial score (nSPS) is 16.5. The summed E-state index contributed by atoms with van der Waals surface area (Å²) in [6.45, 7) is 5.19. The van der Waals surface area contributed by atoms with Gasteiger partial charge < -0.3 is 9.47 Å². The maximum absolute atomic E-state index is 12.0. The number of carbonyl (C=O) groups excluding carboxylic acids is 1. The zero-order chi connectivity index (χ0) is 16.1. The van der Waals surface area contributed by atoms with Gasteiger partial charge in [0.2, 0.25) is 0 Å². The lowest BCUT2D eigenvalue weighted by Crippen LogP contribution is -2.22. The smallest absolute Gasteiger partial charge is 0.265 e. The van der Waals surface area contributed by atoms with Gasteiger partial charge in [0, 0.05) is 7.05 Å². The van der Waals surface area contributed by atoms with Crippen LogP contribution in [0.25, 0.3) is 6.08 Å². The fraction of sp³-hybridized carbons (Fsp3) is 0.375. The summed E-state index contributed by atoms with van der Waals surface area (Å²) >= 11 is 6.44. The minimum absolute atomic E-state index is 0.0701.